The maximum absolute atomic E-state index is 13.2. The van der Waals surface area contributed by atoms with E-state index in [1.54, 1.807) is 18.2 Å². The Kier molecular flexibility index (Phi) is 8.46. The van der Waals surface area contributed by atoms with E-state index in [0.717, 1.165) is 17.0 Å². The monoisotopic (exact) mass is 521 g/mol. The molecule has 4 rings (SSSR count). The van der Waals surface area contributed by atoms with Gasteiger partial charge >= 0.3 is 0 Å². The molecule has 10 heteroatoms. The Balaban J connectivity index is 1.49. The third kappa shape index (κ3) is 6.61. The van der Waals surface area contributed by atoms with Gasteiger partial charge in [0.05, 0.1) is 23.8 Å². The van der Waals surface area contributed by atoms with Gasteiger partial charge in [-0.3, -0.25) is 4.79 Å². The number of hydrogen-bond donors (Lipinski definition) is 3. The first-order valence-corrected chi connectivity index (χ1v) is 14.7. The van der Waals surface area contributed by atoms with Crippen LogP contribution in [0.3, 0.4) is 0 Å². The Labute approximate surface area is 211 Å². The summed E-state index contributed by atoms with van der Waals surface area (Å²) in [6.07, 6.45) is 8.37. The van der Waals surface area contributed by atoms with E-state index in [-0.39, 0.29) is 28.7 Å². The van der Waals surface area contributed by atoms with Crippen molar-refractivity contribution < 1.29 is 23.1 Å². The van der Waals surface area contributed by atoms with E-state index < -0.39 is 10.0 Å². The zero-order valence-electron chi connectivity index (χ0n) is 20.4. The van der Waals surface area contributed by atoms with Crippen molar-refractivity contribution in [2.45, 2.75) is 88.2 Å². The summed E-state index contributed by atoms with van der Waals surface area (Å²) in [4.78, 5) is 17.8. The van der Waals surface area contributed by atoms with Crippen LogP contribution in [0.1, 0.15) is 69.9 Å². The van der Waals surface area contributed by atoms with Crippen molar-refractivity contribution in [1.82, 2.24) is 9.71 Å². The first kappa shape index (κ1) is 26.1. The molecule has 2 aromatic rings. The molecule has 0 saturated heterocycles. The molecule has 0 atom stereocenters. The molecule has 2 fully saturated rings. The third-order valence-electron chi connectivity index (χ3n) is 7.03. The SMILES string of the molecule is COc1ccc(-c2sc(NC(=O)CCC3CCCC3)nc2C)cc1S(=O)(=O)N[C@H]1CC[C@H](O)CC1. The summed E-state index contributed by atoms with van der Waals surface area (Å²) < 4.78 is 34.6. The van der Waals surface area contributed by atoms with Crippen molar-refractivity contribution in [2.75, 3.05) is 12.4 Å². The third-order valence-corrected chi connectivity index (χ3v) is 9.69. The predicted octanol–water partition coefficient (Wildman–Crippen LogP) is 4.62. The number of rotatable bonds is 9. The summed E-state index contributed by atoms with van der Waals surface area (Å²) in [5.41, 5.74) is 1.43. The number of thiazole rings is 1. The van der Waals surface area contributed by atoms with Crippen molar-refractivity contribution in [2.24, 2.45) is 5.92 Å². The van der Waals surface area contributed by atoms with Gasteiger partial charge in [0.1, 0.15) is 10.6 Å². The minimum atomic E-state index is -3.83. The molecule has 1 heterocycles. The van der Waals surface area contributed by atoms with E-state index in [0.29, 0.717) is 48.7 Å². The van der Waals surface area contributed by atoms with E-state index in [1.807, 2.05) is 6.92 Å². The van der Waals surface area contributed by atoms with Gasteiger partial charge in [0.15, 0.2) is 5.13 Å². The van der Waals surface area contributed by atoms with Crippen molar-refractivity contribution >= 4 is 32.4 Å². The minimum absolute atomic E-state index is 0.0306. The molecule has 3 N–H and O–H groups in total. The van der Waals surface area contributed by atoms with Crippen LogP contribution in [0.25, 0.3) is 10.4 Å². The number of aromatic nitrogens is 1. The fraction of sp³-hybridized carbons (Fsp3) is 0.600. The molecular weight excluding hydrogens is 486 g/mol. The van der Waals surface area contributed by atoms with Gasteiger partial charge in [0, 0.05) is 12.5 Å². The molecule has 0 unspecified atom stereocenters. The topological polar surface area (TPSA) is 118 Å². The number of nitrogens with one attached hydrogen (secondary N) is 2. The summed E-state index contributed by atoms with van der Waals surface area (Å²) in [7, 11) is -2.39. The number of aliphatic hydroxyl groups is 1. The average molecular weight is 522 g/mol. The Hall–Kier alpha value is -2.01. The smallest absolute Gasteiger partial charge is 0.244 e. The van der Waals surface area contributed by atoms with Crippen LogP contribution < -0.4 is 14.8 Å². The standard InChI is InChI=1S/C25H35N3O5S2/c1-16-24(34-25(26-16)27-23(30)14-7-17-5-3-4-6-17)18-8-13-21(33-2)22(15-18)35(31,32)28-19-9-11-20(29)12-10-19/h8,13,15,17,19-20,28-29H,3-7,9-12,14H2,1-2H3,(H,26,27,30)/t19-,20-. The fourth-order valence-corrected chi connectivity index (χ4v) is 7.52. The number of anilines is 1. The Morgan fingerprint density at radius 1 is 1.17 bits per heavy atom. The van der Waals surface area contributed by atoms with E-state index in [2.05, 4.69) is 15.0 Å². The first-order valence-electron chi connectivity index (χ1n) is 12.4. The molecule has 1 amide bonds. The number of carbonyl (C=O) groups is 1. The molecule has 2 saturated carbocycles. The van der Waals surface area contributed by atoms with Crippen molar-refractivity contribution in [3.8, 4) is 16.2 Å². The molecule has 0 radical (unpaired) electrons. The van der Waals surface area contributed by atoms with Gasteiger partial charge in [-0.2, -0.15) is 0 Å². The second kappa shape index (κ2) is 11.4. The lowest BCUT2D eigenvalue weighted by Crippen LogP contribution is -2.38. The number of sulfonamides is 1. The zero-order valence-corrected chi connectivity index (χ0v) is 22.0. The van der Waals surface area contributed by atoms with Gasteiger partial charge in [0.2, 0.25) is 15.9 Å². The molecule has 2 aliphatic rings. The van der Waals surface area contributed by atoms with Gasteiger partial charge in [-0.05, 0) is 68.7 Å². The van der Waals surface area contributed by atoms with E-state index in [1.165, 1.54) is 44.1 Å². The van der Waals surface area contributed by atoms with E-state index in [4.69, 9.17) is 4.74 Å². The van der Waals surface area contributed by atoms with E-state index >= 15 is 0 Å². The van der Waals surface area contributed by atoms with Crippen molar-refractivity contribution in [1.29, 1.82) is 0 Å². The molecule has 192 valence electrons. The Bertz CT molecular complexity index is 1130. The van der Waals surface area contributed by atoms with Crippen LogP contribution in [-0.2, 0) is 14.8 Å². The second-order valence-electron chi connectivity index (χ2n) is 9.66. The normalized spacial score (nSPS) is 21.2. The lowest BCUT2D eigenvalue weighted by Gasteiger charge is -2.26. The number of nitrogens with zero attached hydrogens (tertiary/aromatic N) is 1. The van der Waals surface area contributed by atoms with Crippen LogP contribution in [0.4, 0.5) is 5.13 Å². The number of carbonyl (C=O) groups excluding carboxylic acids is 1. The van der Waals surface area contributed by atoms with Gasteiger partial charge in [0.25, 0.3) is 0 Å². The maximum atomic E-state index is 13.2. The highest BCUT2D eigenvalue weighted by molar-refractivity contribution is 7.89. The molecule has 2 aliphatic carbocycles. The summed E-state index contributed by atoms with van der Waals surface area (Å²) in [6, 6.07) is 4.84. The Morgan fingerprint density at radius 3 is 2.57 bits per heavy atom. The van der Waals surface area contributed by atoms with Crippen molar-refractivity contribution in [3.05, 3.63) is 23.9 Å². The quantitative estimate of drug-likeness (QED) is 0.443. The highest BCUT2D eigenvalue weighted by Crippen LogP contribution is 2.37. The molecular formula is C25H35N3O5S2. The average Bonchev–Trinajstić information content (AvgIpc) is 3.48. The molecule has 0 spiro atoms. The number of aliphatic hydroxyl groups excluding tert-OH is 1. The lowest BCUT2D eigenvalue weighted by atomic mass is 9.94. The molecule has 1 aromatic carbocycles. The number of aryl methyl sites for hydroxylation is 1. The maximum Gasteiger partial charge on any atom is 0.244 e. The fourth-order valence-electron chi connectivity index (χ4n) is 5.04. The van der Waals surface area contributed by atoms with Crippen LogP contribution in [0.5, 0.6) is 5.75 Å². The van der Waals surface area contributed by atoms with Gasteiger partial charge < -0.3 is 15.2 Å². The van der Waals surface area contributed by atoms with Crippen LogP contribution >= 0.6 is 11.3 Å². The molecule has 0 bridgehead atoms. The highest BCUT2D eigenvalue weighted by Gasteiger charge is 2.28. The lowest BCUT2D eigenvalue weighted by molar-refractivity contribution is -0.116. The first-order chi connectivity index (χ1) is 16.7. The van der Waals surface area contributed by atoms with E-state index in [9.17, 15) is 18.3 Å². The largest absolute Gasteiger partial charge is 0.495 e. The number of hydrogen-bond acceptors (Lipinski definition) is 7. The zero-order chi connectivity index (χ0) is 25.0. The summed E-state index contributed by atoms with van der Waals surface area (Å²) in [5, 5.41) is 13.2. The Morgan fingerprint density at radius 2 is 1.89 bits per heavy atom. The minimum Gasteiger partial charge on any atom is -0.495 e. The molecule has 35 heavy (non-hydrogen) atoms. The second-order valence-corrected chi connectivity index (χ2v) is 12.3. The van der Waals surface area contributed by atoms with Crippen LogP contribution in [0.2, 0.25) is 0 Å². The summed E-state index contributed by atoms with van der Waals surface area (Å²) in [6.45, 7) is 1.85. The summed E-state index contributed by atoms with van der Waals surface area (Å²) in [5.74, 6) is 0.887. The molecule has 0 aliphatic heterocycles. The van der Waals surface area contributed by atoms with Gasteiger partial charge in [-0.1, -0.05) is 37.0 Å². The van der Waals surface area contributed by atoms with Crippen LogP contribution in [-0.4, -0.2) is 43.7 Å². The van der Waals surface area contributed by atoms with Gasteiger partial charge in [-0.15, -0.1) is 0 Å². The van der Waals surface area contributed by atoms with Crippen LogP contribution in [0.15, 0.2) is 23.1 Å². The van der Waals surface area contributed by atoms with Gasteiger partial charge in [-0.25, -0.2) is 18.1 Å². The molecule has 1 aromatic heterocycles. The molecule has 8 nitrogen and oxygen atoms in total. The predicted molar refractivity (Wildman–Crippen MR) is 137 cm³/mol. The highest BCUT2D eigenvalue weighted by atomic mass is 32.2. The number of benzene rings is 1. The summed E-state index contributed by atoms with van der Waals surface area (Å²) >= 11 is 1.34. The number of methoxy groups -OCH3 is 1. The number of ether oxygens (including phenoxy) is 1. The van der Waals surface area contributed by atoms with Crippen LogP contribution in [0, 0.1) is 12.8 Å². The van der Waals surface area contributed by atoms with Crippen molar-refractivity contribution in [3.63, 3.8) is 0 Å². The number of amides is 1.